The molecular weight excluding hydrogens is 464 g/mol. The molecule has 1 amide bonds. The van der Waals surface area contributed by atoms with Gasteiger partial charge in [0.1, 0.15) is 6.61 Å². The van der Waals surface area contributed by atoms with Gasteiger partial charge in [0.2, 0.25) is 0 Å². The first kappa shape index (κ1) is 24.5. The van der Waals surface area contributed by atoms with Gasteiger partial charge in [-0.25, -0.2) is 4.79 Å². The van der Waals surface area contributed by atoms with Crippen molar-refractivity contribution in [1.29, 1.82) is 0 Å². The van der Waals surface area contributed by atoms with Crippen LogP contribution in [0.1, 0.15) is 22.8 Å². The number of ether oxygens (including phenoxy) is 3. The molecule has 176 valence electrons. The van der Waals surface area contributed by atoms with Crippen molar-refractivity contribution >= 4 is 34.9 Å². The molecule has 1 unspecified atom stereocenters. The van der Waals surface area contributed by atoms with E-state index in [4.69, 9.17) is 25.8 Å². The van der Waals surface area contributed by atoms with Gasteiger partial charge in [-0.05, 0) is 36.8 Å². The minimum atomic E-state index is -1.21. The third-order valence-electron chi connectivity index (χ3n) is 4.71. The zero-order valence-electron chi connectivity index (χ0n) is 18.3. The Kier molecular flexibility index (Phi) is 8.05. The molecule has 34 heavy (non-hydrogen) atoms. The molecule has 0 aliphatic heterocycles. The quantitative estimate of drug-likeness (QED) is 0.257. The van der Waals surface area contributed by atoms with Gasteiger partial charge in [-0.3, -0.25) is 14.9 Å². The second-order valence-corrected chi connectivity index (χ2v) is 7.51. The maximum Gasteiger partial charge on any atom is 0.339 e. The topological polar surface area (TPSA) is 117 Å². The first-order chi connectivity index (χ1) is 16.3. The van der Waals surface area contributed by atoms with Crippen molar-refractivity contribution in [3.05, 3.63) is 93.0 Å². The van der Waals surface area contributed by atoms with Gasteiger partial charge < -0.3 is 19.5 Å². The zero-order chi connectivity index (χ0) is 24.7. The number of nitrogens with zero attached hydrogens (tertiary/aromatic N) is 1. The van der Waals surface area contributed by atoms with E-state index in [1.165, 1.54) is 38.3 Å². The lowest BCUT2D eigenvalue weighted by Crippen LogP contribution is -2.30. The number of anilines is 1. The van der Waals surface area contributed by atoms with E-state index in [-0.39, 0.29) is 22.0 Å². The number of hydrogen-bond acceptors (Lipinski definition) is 7. The Morgan fingerprint density at radius 3 is 2.47 bits per heavy atom. The number of rotatable bonds is 9. The number of esters is 1. The van der Waals surface area contributed by atoms with Crippen LogP contribution in [0.2, 0.25) is 5.02 Å². The third kappa shape index (κ3) is 6.23. The number of carbonyl (C=O) groups excluding carboxylic acids is 2. The fraction of sp³-hybridized carbons (Fsp3) is 0.167. The van der Waals surface area contributed by atoms with Crippen molar-refractivity contribution in [2.45, 2.75) is 19.6 Å². The molecule has 10 heteroatoms. The largest absolute Gasteiger partial charge is 0.493 e. The predicted molar refractivity (Wildman–Crippen MR) is 125 cm³/mol. The molecule has 0 saturated heterocycles. The van der Waals surface area contributed by atoms with Crippen LogP contribution in [0.4, 0.5) is 11.4 Å². The Labute approximate surface area is 200 Å². The number of nitrogens with one attached hydrogen (secondary N) is 1. The fourth-order valence-electron chi connectivity index (χ4n) is 2.89. The summed E-state index contributed by atoms with van der Waals surface area (Å²) in [6, 6.07) is 17.7. The molecule has 0 spiro atoms. The smallest absolute Gasteiger partial charge is 0.339 e. The molecule has 0 radical (unpaired) electrons. The predicted octanol–water partition coefficient (Wildman–Crippen LogP) is 5.02. The molecule has 0 saturated carbocycles. The van der Waals surface area contributed by atoms with Crippen LogP contribution >= 0.6 is 11.6 Å². The minimum Gasteiger partial charge on any atom is -0.493 e. The molecule has 3 aromatic rings. The van der Waals surface area contributed by atoms with E-state index in [1.54, 1.807) is 6.07 Å². The van der Waals surface area contributed by atoms with Gasteiger partial charge in [-0.15, -0.1) is 0 Å². The molecular formula is C24H21ClN2O7. The molecule has 0 aromatic heterocycles. The minimum absolute atomic E-state index is 0.0327. The Balaban J connectivity index is 1.64. The first-order valence-corrected chi connectivity index (χ1v) is 10.5. The third-order valence-corrected chi connectivity index (χ3v) is 5.04. The van der Waals surface area contributed by atoms with E-state index in [9.17, 15) is 19.7 Å². The van der Waals surface area contributed by atoms with E-state index >= 15 is 0 Å². The Morgan fingerprint density at radius 1 is 1.06 bits per heavy atom. The number of benzene rings is 3. The summed E-state index contributed by atoms with van der Waals surface area (Å²) in [5, 5.41) is 13.5. The molecule has 0 bridgehead atoms. The van der Waals surface area contributed by atoms with E-state index < -0.39 is 22.9 Å². The second-order valence-electron chi connectivity index (χ2n) is 7.10. The molecule has 0 fully saturated rings. The van der Waals surface area contributed by atoms with E-state index in [0.717, 1.165) is 11.6 Å². The highest BCUT2D eigenvalue weighted by molar-refractivity contribution is 6.33. The van der Waals surface area contributed by atoms with Crippen molar-refractivity contribution in [3.8, 4) is 11.5 Å². The first-order valence-electron chi connectivity index (χ1n) is 10.1. The second kappa shape index (κ2) is 11.2. The molecule has 3 aromatic carbocycles. The van der Waals surface area contributed by atoms with Crippen molar-refractivity contribution in [3.63, 3.8) is 0 Å². The van der Waals surface area contributed by atoms with Crippen LogP contribution in [0.3, 0.4) is 0 Å². The Bertz CT molecular complexity index is 1200. The lowest BCUT2D eigenvalue weighted by molar-refractivity contribution is -0.384. The maximum absolute atomic E-state index is 12.6. The highest BCUT2D eigenvalue weighted by atomic mass is 35.5. The van der Waals surface area contributed by atoms with Gasteiger partial charge in [-0.1, -0.05) is 41.9 Å². The lowest BCUT2D eigenvalue weighted by atomic mass is 10.2. The van der Waals surface area contributed by atoms with Crippen LogP contribution in [0.25, 0.3) is 0 Å². The van der Waals surface area contributed by atoms with E-state index in [1.807, 2.05) is 30.3 Å². The van der Waals surface area contributed by atoms with Crippen LogP contribution in [-0.2, 0) is 16.1 Å². The van der Waals surface area contributed by atoms with Crippen molar-refractivity contribution < 1.29 is 28.7 Å². The number of nitro groups is 1. The Hall–Kier alpha value is -4.11. The molecule has 0 aliphatic rings. The number of methoxy groups -OCH3 is 1. The monoisotopic (exact) mass is 484 g/mol. The van der Waals surface area contributed by atoms with Crippen LogP contribution in [0.15, 0.2) is 66.7 Å². The van der Waals surface area contributed by atoms with Crippen LogP contribution < -0.4 is 14.8 Å². The number of non-ortho nitro benzene ring substituents is 1. The molecule has 3 rings (SSSR count). The number of carbonyl (C=O) groups is 2. The highest BCUT2D eigenvalue weighted by Crippen LogP contribution is 2.30. The molecule has 1 atom stereocenters. The van der Waals surface area contributed by atoms with Crippen LogP contribution in [0.5, 0.6) is 11.5 Å². The molecule has 1 N–H and O–H groups in total. The summed E-state index contributed by atoms with van der Waals surface area (Å²) >= 11 is 5.99. The average Bonchev–Trinajstić information content (AvgIpc) is 2.84. The highest BCUT2D eigenvalue weighted by Gasteiger charge is 2.22. The summed E-state index contributed by atoms with van der Waals surface area (Å²) in [6.45, 7) is 1.69. The summed E-state index contributed by atoms with van der Waals surface area (Å²) in [4.78, 5) is 35.3. The van der Waals surface area contributed by atoms with Gasteiger partial charge in [0.05, 0.1) is 28.3 Å². The van der Waals surface area contributed by atoms with Gasteiger partial charge >= 0.3 is 5.97 Å². The van der Waals surface area contributed by atoms with Crippen LogP contribution in [0, 0.1) is 10.1 Å². The summed E-state index contributed by atoms with van der Waals surface area (Å²) in [6.07, 6.45) is -1.21. The summed E-state index contributed by atoms with van der Waals surface area (Å²) in [5.74, 6) is -0.703. The van der Waals surface area contributed by atoms with Gasteiger partial charge in [0.25, 0.3) is 11.6 Å². The molecule has 0 heterocycles. The number of hydrogen-bond donors (Lipinski definition) is 1. The van der Waals surface area contributed by atoms with E-state index in [0.29, 0.717) is 18.1 Å². The number of halogens is 1. The van der Waals surface area contributed by atoms with Gasteiger partial charge in [0.15, 0.2) is 17.6 Å². The van der Waals surface area contributed by atoms with Crippen molar-refractivity contribution in [2.75, 3.05) is 12.4 Å². The SMILES string of the molecule is COc1cc(C(=O)OC(C)C(=O)Nc2cc([N+](=O)[O-])ccc2Cl)ccc1OCc1ccccc1. The summed E-state index contributed by atoms with van der Waals surface area (Å²) in [7, 11) is 1.44. The van der Waals surface area contributed by atoms with Gasteiger partial charge in [-0.2, -0.15) is 0 Å². The van der Waals surface area contributed by atoms with Crippen molar-refractivity contribution in [2.24, 2.45) is 0 Å². The average molecular weight is 485 g/mol. The number of nitro benzene ring substituents is 1. The van der Waals surface area contributed by atoms with Crippen LogP contribution in [-0.4, -0.2) is 30.0 Å². The molecule has 9 nitrogen and oxygen atoms in total. The van der Waals surface area contributed by atoms with E-state index in [2.05, 4.69) is 5.32 Å². The van der Waals surface area contributed by atoms with Crippen molar-refractivity contribution in [1.82, 2.24) is 0 Å². The Morgan fingerprint density at radius 2 is 1.79 bits per heavy atom. The summed E-state index contributed by atoms with van der Waals surface area (Å²) in [5.41, 5.74) is 0.907. The summed E-state index contributed by atoms with van der Waals surface area (Å²) < 4.78 is 16.3. The standard InChI is InChI=1S/C24H21ClN2O7/c1-15(23(28)26-20-13-18(27(30)31)9-10-19(20)25)34-24(29)17-8-11-21(22(12-17)32-2)33-14-16-6-4-3-5-7-16/h3-13,15H,14H2,1-2H3,(H,26,28). The maximum atomic E-state index is 12.6. The lowest BCUT2D eigenvalue weighted by Gasteiger charge is -2.15. The normalized spacial score (nSPS) is 11.3. The zero-order valence-corrected chi connectivity index (χ0v) is 19.1. The van der Waals surface area contributed by atoms with Gasteiger partial charge in [0, 0.05) is 12.1 Å². The number of amides is 1. The molecule has 0 aliphatic carbocycles. The fourth-order valence-corrected chi connectivity index (χ4v) is 3.05.